The van der Waals surface area contributed by atoms with Crippen molar-refractivity contribution in [1.82, 2.24) is 25.1 Å². The highest BCUT2D eigenvalue weighted by Crippen LogP contribution is 2.23. The third-order valence-corrected chi connectivity index (χ3v) is 5.44. The second-order valence-electron chi connectivity index (χ2n) is 7.61. The van der Waals surface area contributed by atoms with Crippen LogP contribution in [0, 0.1) is 0 Å². The lowest BCUT2D eigenvalue weighted by Crippen LogP contribution is -2.43. The minimum absolute atomic E-state index is 0.222. The van der Waals surface area contributed by atoms with Gasteiger partial charge in [-0.15, -0.1) is 0 Å². The van der Waals surface area contributed by atoms with Crippen molar-refractivity contribution in [2.24, 2.45) is 7.05 Å². The molecule has 156 valence electrons. The van der Waals surface area contributed by atoms with Gasteiger partial charge in [-0.1, -0.05) is 18.2 Å². The van der Waals surface area contributed by atoms with Crippen LogP contribution in [0.25, 0.3) is 22.0 Å². The molecule has 8 nitrogen and oxygen atoms in total. The lowest BCUT2D eigenvalue weighted by atomic mass is 10.1. The number of rotatable bonds is 4. The van der Waals surface area contributed by atoms with Crippen LogP contribution in [-0.4, -0.2) is 51.8 Å². The number of fused-ring (bicyclic) bond motifs is 1. The van der Waals surface area contributed by atoms with Crippen LogP contribution in [-0.2, 0) is 7.05 Å². The Morgan fingerprint density at radius 2 is 1.94 bits per heavy atom. The van der Waals surface area contributed by atoms with E-state index >= 15 is 0 Å². The molecular formula is C23H23N7O. The summed E-state index contributed by atoms with van der Waals surface area (Å²) in [6, 6.07) is 13.6. The molecule has 1 aliphatic rings. The lowest BCUT2D eigenvalue weighted by Gasteiger charge is -2.29. The second kappa shape index (κ2) is 8.16. The van der Waals surface area contributed by atoms with E-state index in [1.807, 2.05) is 61.9 Å². The average Bonchev–Trinajstić information content (AvgIpc) is 3.25. The van der Waals surface area contributed by atoms with E-state index in [-0.39, 0.29) is 11.9 Å². The van der Waals surface area contributed by atoms with Crippen LogP contribution in [0.1, 0.15) is 10.4 Å². The summed E-state index contributed by atoms with van der Waals surface area (Å²) in [6.45, 7) is 3.75. The zero-order valence-electron chi connectivity index (χ0n) is 17.2. The molecule has 1 amide bonds. The van der Waals surface area contributed by atoms with Crippen LogP contribution >= 0.6 is 0 Å². The van der Waals surface area contributed by atoms with Gasteiger partial charge in [-0.25, -0.2) is 9.97 Å². The number of benzene rings is 2. The Hall–Kier alpha value is -3.78. The van der Waals surface area contributed by atoms with Crippen molar-refractivity contribution in [2.45, 2.75) is 0 Å². The number of amides is 1. The number of hydrogen-bond donors (Lipinski definition) is 2. The Labute approximate surface area is 179 Å². The monoisotopic (exact) mass is 413 g/mol. The minimum atomic E-state index is -0.222. The molecule has 8 heteroatoms. The number of carbonyl (C=O) groups is 1. The van der Waals surface area contributed by atoms with Crippen molar-refractivity contribution in [3.05, 3.63) is 66.6 Å². The summed E-state index contributed by atoms with van der Waals surface area (Å²) in [5, 5.41) is 11.3. The Balaban J connectivity index is 1.37. The number of aryl methyl sites for hydroxylation is 1. The Bertz CT molecular complexity index is 1240. The van der Waals surface area contributed by atoms with Gasteiger partial charge in [0.2, 0.25) is 5.95 Å². The first kappa shape index (κ1) is 19.2. The van der Waals surface area contributed by atoms with Crippen LogP contribution in [0.15, 0.2) is 61.1 Å². The van der Waals surface area contributed by atoms with Gasteiger partial charge < -0.3 is 10.2 Å². The fourth-order valence-corrected chi connectivity index (χ4v) is 3.77. The largest absolute Gasteiger partial charge is 0.369 e. The average molecular weight is 413 g/mol. The van der Waals surface area contributed by atoms with E-state index < -0.39 is 0 Å². The van der Waals surface area contributed by atoms with E-state index in [2.05, 4.69) is 30.6 Å². The molecule has 4 aromatic rings. The SMILES string of the molecule is Cn1cc(-c2ccc3cnc(NC(=O)c4cccc(N5CCNCC5)c4)nc3c2)cn1. The molecule has 2 aromatic heterocycles. The highest BCUT2D eigenvalue weighted by Gasteiger charge is 2.14. The molecule has 2 aromatic carbocycles. The fraction of sp³-hybridized carbons (Fsp3) is 0.217. The summed E-state index contributed by atoms with van der Waals surface area (Å²) in [6.07, 6.45) is 5.50. The van der Waals surface area contributed by atoms with Crippen LogP contribution in [0.3, 0.4) is 0 Å². The molecule has 0 atom stereocenters. The van der Waals surface area contributed by atoms with Crippen molar-refractivity contribution in [3.8, 4) is 11.1 Å². The molecule has 0 radical (unpaired) electrons. The quantitative estimate of drug-likeness (QED) is 0.535. The van der Waals surface area contributed by atoms with E-state index in [0.29, 0.717) is 5.56 Å². The maximum absolute atomic E-state index is 12.8. The van der Waals surface area contributed by atoms with E-state index in [1.165, 1.54) is 0 Å². The minimum Gasteiger partial charge on any atom is -0.369 e. The molecule has 0 spiro atoms. The van der Waals surface area contributed by atoms with Crippen molar-refractivity contribution in [3.63, 3.8) is 0 Å². The Morgan fingerprint density at radius 3 is 2.74 bits per heavy atom. The van der Waals surface area contributed by atoms with Gasteiger partial charge >= 0.3 is 0 Å². The van der Waals surface area contributed by atoms with Gasteiger partial charge in [0.05, 0.1) is 11.7 Å². The molecule has 0 unspecified atom stereocenters. The normalized spacial score (nSPS) is 14.0. The highest BCUT2D eigenvalue weighted by atomic mass is 16.1. The molecule has 3 heterocycles. The maximum atomic E-state index is 12.8. The predicted molar refractivity (Wildman–Crippen MR) is 121 cm³/mol. The third-order valence-electron chi connectivity index (χ3n) is 5.44. The summed E-state index contributed by atoms with van der Waals surface area (Å²) < 4.78 is 1.76. The van der Waals surface area contributed by atoms with Crippen LogP contribution in [0.2, 0.25) is 0 Å². The first-order valence-corrected chi connectivity index (χ1v) is 10.3. The summed E-state index contributed by atoms with van der Waals surface area (Å²) in [5.41, 5.74) is 4.43. The van der Waals surface area contributed by atoms with Crippen LogP contribution < -0.4 is 15.5 Å². The molecular weight excluding hydrogens is 390 g/mol. The molecule has 5 rings (SSSR count). The van der Waals surface area contributed by atoms with Gasteiger partial charge in [-0.05, 0) is 29.8 Å². The number of carbonyl (C=O) groups excluding carboxylic acids is 1. The molecule has 1 saturated heterocycles. The summed E-state index contributed by atoms with van der Waals surface area (Å²) >= 11 is 0. The van der Waals surface area contributed by atoms with Gasteiger partial charge in [0.1, 0.15) is 0 Å². The third kappa shape index (κ3) is 4.10. The lowest BCUT2D eigenvalue weighted by molar-refractivity contribution is 0.102. The Kier molecular flexibility index (Phi) is 5.05. The first-order valence-electron chi connectivity index (χ1n) is 10.3. The van der Waals surface area contributed by atoms with E-state index in [1.54, 1.807) is 10.9 Å². The number of nitrogens with one attached hydrogen (secondary N) is 2. The van der Waals surface area contributed by atoms with Crippen LogP contribution in [0.4, 0.5) is 11.6 Å². The van der Waals surface area contributed by atoms with Gasteiger partial charge in [0.25, 0.3) is 5.91 Å². The zero-order valence-corrected chi connectivity index (χ0v) is 17.2. The van der Waals surface area contributed by atoms with Gasteiger partial charge in [0, 0.05) is 67.8 Å². The molecule has 0 aliphatic carbocycles. The van der Waals surface area contributed by atoms with Gasteiger partial charge in [0.15, 0.2) is 0 Å². The number of aromatic nitrogens is 4. The molecule has 0 saturated carbocycles. The fourth-order valence-electron chi connectivity index (χ4n) is 3.77. The summed E-state index contributed by atoms with van der Waals surface area (Å²) in [5.74, 6) is 0.0631. The molecule has 0 bridgehead atoms. The van der Waals surface area contributed by atoms with Gasteiger partial charge in [-0.2, -0.15) is 5.10 Å². The standard InChI is InChI=1S/C23H23N7O/c1-29-15-19(14-26-29)16-5-6-18-13-25-23(27-21(18)12-16)28-22(31)17-3-2-4-20(11-17)30-9-7-24-8-10-30/h2-6,11-15,24H,7-10H2,1H3,(H,25,27,28,31). The molecule has 2 N–H and O–H groups in total. The van der Waals surface area contributed by atoms with E-state index in [9.17, 15) is 4.79 Å². The highest BCUT2D eigenvalue weighted by molar-refractivity contribution is 6.04. The van der Waals surface area contributed by atoms with Crippen molar-refractivity contribution < 1.29 is 4.79 Å². The first-order chi connectivity index (χ1) is 15.2. The summed E-state index contributed by atoms with van der Waals surface area (Å²) in [7, 11) is 1.89. The smallest absolute Gasteiger partial charge is 0.258 e. The second-order valence-corrected chi connectivity index (χ2v) is 7.61. The molecule has 1 fully saturated rings. The number of anilines is 2. The van der Waals surface area contributed by atoms with Crippen molar-refractivity contribution in [1.29, 1.82) is 0 Å². The van der Waals surface area contributed by atoms with Crippen molar-refractivity contribution in [2.75, 3.05) is 36.4 Å². The van der Waals surface area contributed by atoms with Crippen LogP contribution in [0.5, 0.6) is 0 Å². The van der Waals surface area contributed by atoms with E-state index in [4.69, 9.17) is 0 Å². The Morgan fingerprint density at radius 1 is 1.06 bits per heavy atom. The predicted octanol–water partition coefficient (Wildman–Crippen LogP) is 2.69. The molecule has 31 heavy (non-hydrogen) atoms. The molecule has 1 aliphatic heterocycles. The zero-order chi connectivity index (χ0) is 21.2. The summed E-state index contributed by atoms with van der Waals surface area (Å²) in [4.78, 5) is 24.0. The maximum Gasteiger partial charge on any atom is 0.258 e. The van der Waals surface area contributed by atoms with E-state index in [0.717, 1.165) is 53.9 Å². The number of nitrogens with zero attached hydrogens (tertiary/aromatic N) is 5. The number of hydrogen-bond acceptors (Lipinski definition) is 6. The van der Waals surface area contributed by atoms with Crippen molar-refractivity contribution >= 4 is 28.4 Å². The topological polar surface area (TPSA) is 88.0 Å². The van der Waals surface area contributed by atoms with Gasteiger partial charge in [-0.3, -0.25) is 14.8 Å². The number of piperazine rings is 1.